The summed E-state index contributed by atoms with van der Waals surface area (Å²) in [5.41, 5.74) is 10.7. The van der Waals surface area contributed by atoms with Crippen molar-refractivity contribution in [2.45, 2.75) is 0 Å². The molecule has 0 saturated heterocycles. The van der Waals surface area contributed by atoms with Gasteiger partial charge in [-0.15, -0.1) is 0 Å². The zero-order valence-electron chi connectivity index (χ0n) is 7.70. The molecule has 0 heterocycles. The summed E-state index contributed by atoms with van der Waals surface area (Å²) in [5, 5.41) is 10.4. The first kappa shape index (κ1) is 9.36. The van der Waals surface area contributed by atoms with Gasteiger partial charge in [0.05, 0.1) is 23.0 Å². The maximum Gasteiger partial charge on any atom is 0.0992 e. The van der Waals surface area contributed by atoms with Gasteiger partial charge in [-0.2, -0.15) is 5.26 Å². The lowest BCUT2D eigenvalue weighted by Crippen LogP contribution is -2.20. The van der Waals surface area contributed by atoms with Crippen LogP contribution in [0.2, 0.25) is 0 Å². The average molecular weight is 176 g/mol. The molecule has 0 aliphatic heterocycles. The number of nitrogens with one attached hydrogen (secondary N) is 1. The molecule has 1 rings (SSSR count). The lowest BCUT2D eigenvalue weighted by molar-refractivity contribution is 0.496. The van der Waals surface area contributed by atoms with Gasteiger partial charge in [-0.25, -0.2) is 5.01 Å². The van der Waals surface area contributed by atoms with E-state index in [-0.39, 0.29) is 0 Å². The third-order valence-corrected chi connectivity index (χ3v) is 1.52. The Morgan fingerprint density at radius 1 is 1.46 bits per heavy atom. The molecular formula is C9H12N4. The van der Waals surface area contributed by atoms with Crippen LogP contribution in [0.3, 0.4) is 0 Å². The van der Waals surface area contributed by atoms with E-state index in [1.54, 1.807) is 23.2 Å². The smallest absolute Gasteiger partial charge is 0.0992 e. The van der Waals surface area contributed by atoms with E-state index in [4.69, 9.17) is 11.0 Å². The van der Waals surface area contributed by atoms with Crippen molar-refractivity contribution in [3.63, 3.8) is 0 Å². The lowest BCUT2D eigenvalue weighted by atomic mass is 10.2. The van der Waals surface area contributed by atoms with E-state index >= 15 is 0 Å². The molecule has 0 amide bonds. The summed E-state index contributed by atoms with van der Waals surface area (Å²) >= 11 is 0. The van der Waals surface area contributed by atoms with Crippen molar-refractivity contribution in [1.82, 2.24) is 5.01 Å². The summed E-state index contributed by atoms with van der Waals surface area (Å²) in [6.45, 7) is 0. The van der Waals surface area contributed by atoms with Gasteiger partial charge in [-0.1, -0.05) is 0 Å². The van der Waals surface area contributed by atoms with Crippen LogP contribution in [0, 0.1) is 11.3 Å². The molecule has 0 aliphatic rings. The number of anilines is 2. The monoisotopic (exact) mass is 176 g/mol. The molecule has 4 nitrogen and oxygen atoms in total. The van der Waals surface area contributed by atoms with E-state index in [9.17, 15) is 0 Å². The third kappa shape index (κ3) is 2.36. The Hall–Kier alpha value is -1.73. The van der Waals surface area contributed by atoms with Gasteiger partial charge in [0.1, 0.15) is 0 Å². The molecule has 0 fully saturated rings. The van der Waals surface area contributed by atoms with E-state index in [0.717, 1.165) is 5.69 Å². The standard InChI is InChI=1S/C9H12N4/c1-13(2)12-9-4-3-7(6-10)5-8(9)11/h3-5,12H,11H2,1-2H3. The van der Waals surface area contributed by atoms with Gasteiger partial charge in [0.25, 0.3) is 0 Å². The van der Waals surface area contributed by atoms with Crippen LogP contribution in [0.15, 0.2) is 18.2 Å². The summed E-state index contributed by atoms with van der Waals surface area (Å²) in [5.74, 6) is 0. The molecule has 0 unspecified atom stereocenters. The summed E-state index contributed by atoms with van der Waals surface area (Å²) in [6.07, 6.45) is 0. The predicted molar refractivity (Wildman–Crippen MR) is 52.9 cm³/mol. The number of nitrogens with zero attached hydrogens (tertiary/aromatic N) is 2. The number of nitriles is 1. The molecule has 0 bridgehead atoms. The number of hydrogen-bond acceptors (Lipinski definition) is 4. The zero-order valence-corrected chi connectivity index (χ0v) is 7.70. The van der Waals surface area contributed by atoms with E-state index < -0.39 is 0 Å². The number of nitrogens with two attached hydrogens (primary N) is 1. The fourth-order valence-electron chi connectivity index (χ4n) is 0.975. The molecule has 4 heteroatoms. The molecule has 1 aromatic carbocycles. The maximum absolute atomic E-state index is 8.60. The number of hydrogen-bond donors (Lipinski definition) is 2. The van der Waals surface area contributed by atoms with Crippen LogP contribution < -0.4 is 11.2 Å². The Balaban J connectivity index is 2.93. The minimum absolute atomic E-state index is 0.571. The van der Waals surface area contributed by atoms with Gasteiger partial charge in [-0.3, -0.25) is 0 Å². The van der Waals surface area contributed by atoms with E-state index in [2.05, 4.69) is 5.43 Å². The van der Waals surface area contributed by atoms with Crippen LogP contribution in [0.1, 0.15) is 5.56 Å². The molecule has 0 aromatic heterocycles. The first-order valence-corrected chi connectivity index (χ1v) is 3.87. The summed E-state index contributed by atoms with van der Waals surface area (Å²) in [6, 6.07) is 7.18. The highest BCUT2D eigenvalue weighted by atomic mass is 15.5. The largest absolute Gasteiger partial charge is 0.397 e. The van der Waals surface area contributed by atoms with Crippen LogP contribution in [0.5, 0.6) is 0 Å². The van der Waals surface area contributed by atoms with E-state index in [1.165, 1.54) is 0 Å². The van der Waals surface area contributed by atoms with Gasteiger partial charge in [-0.05, 0) is 18.2 Å². The number of nitrogen functional groups attached to an aromatic ring is 1. The van der Waals surface area contributed by atoms with Crippen LogP contribution in [0.4, 0.5) is 11.4 Å². The van der Waals surface area contributed by atoms with Crippen LogP contribution >= 0.6 is 0 Å². The van der Waals surface area contributed by atoms with E-state index in [1.807, 2.05) is 20.2 Å². The molecule has 13 heavy (non-hydrogen) atoms. The number of rotatable bonds is 2. The van der Waals surface area contributed by atoms with Crippen LogP contribution in [0.25, 0.3) is 0 Å². The topological polar surface area (TPSA) is 65.1 Å². The quantitative estimate of drug-likeness (QED) is 0.521. The zero-order chi connectivity index (χ0) is 9.84. The van der Waals surface area contributed by atoms with Gasteiger partial charge < -0.3 is 11.2 Å². The van der Waals surface area contributed by atoms with Crippen LogP contribution in [-0.2, 0) is 0 Å². The fourth-order valence-corrected chi connectivity index (χ4v) is 0.975. The summed E-state index contributed by atoms with van der Waals surface area (Å²) < 4.78 is 0. The Bertz CT molecular complexity index is 338. The predicted octanol–water partition coefficient (Wildman–Crippen LogP) is 1.03. The van der Waals surface area contributed by atoms with Crippen molar-refractivity contribution in [2.24, 2.45) is 0 Å². The highest BCUT2D eigenvalue weighted by Crippen LogP contribution is 2.19. The van der Waals surface area contributed by atoms with Crippen molar-refractivity contribution in [1.29, 1.82) is 5.26 Å². The Morgan fingerprint density at radius 2 is 2.15 bits per heavy atom. The SMILES string of the molecule is CN(C)Nc1ccc(C#N)cc1N. The number of benzene rings is 1. The first-order valence-electron chi connectivity index (χ1n) is 3.87. The minimum Gasteiger partial charge on any atom is -0.397 e. The second-order valence-corrected chi connectivity index (χ2v) is 2.92. The Morgan fingerprint density at radius 3 is 2.62 bits per heavy atom. The molecule has 0 saturated carbocycles. The lowest BCUT2D eigenvalue weighted by Gasteiger charge is -2.15. The molecule has 0 atom stereocenters. The highest BCUT2D eigenvalue weighted by molar-refractivity contribution is 5.67. The highest BCUT2D eigenvalue weighted by Gasteiger charge is 2.00. The molecule has 0 spiro atoms. The summed E-state index contributed by atoms with van der Waals surface area (Å²) in [4.78, 5) is 0. The van der Waals surface area contributed by atoms with Crippen LogP contribution in [-0.4, -0.2) is 19.1 Å². The first-order chi connectivity index (χ1) is 6.13. The van der Waals surface area contributed by atoms with Crippen molar-refractivity contribution in [2.75, 3.05) is 25.3 Å². The molecule has 3 N–H and O–H groups in total. The van der Waals surface area contributed by atoms with Crippen molar-refractivity contribution in [3.05, 3.63) is 23.8 Å². The normalized spacial score (nSPS) is 9.69. The van der Waals surface area contributed by atoms with Crippen molar-refractivity contribution < 1.29 is 0 Å². The maximum atomic E-state index is 8.60. The summed E-state index contributed by atoms with van der Waals surface area (Å²) in [7, 11) is 3.75. The molecule has 0 radical (unpaired) electrons. The van der Waals surface area contributed by atoms with Gasteiger partial charge in [0.15, 0.2) is 0 Å². The molecule has 1 aromatic rings. The second-order valence-electron chi connectivity index (χ2n) is 2.92. The number of hydrazine groups is 1. The fraction of sp³-hybridized carbons (Fsp3) is 0.222. The minimum atomic E-state index is 0.571. The Kier molecular flexibility index (Phi) is 2.72. The van der Waals surface area contributed by atoms with Crippen molar-refractivity contribution in [3.8, 4) is 6.07 Å². The average Bonchev–Trinajstić information content (AvgIpc) is 2.08. The van der Waals surface area contributed by atoms with Gasteiger partial charge in [0, 0.05) is 14.1 Å². The second kappa shape index (κ2) is 3.78. The van der Waals surface area contributed by atoms with E-state index in [0.29, 0.717) is 11.3 Å². The Labute approximate surface area is 77.5 Å². The third-order valence-electron chi connectivity index (χ3n) is 1.52. The van der Waals surface area contributed by atoms with Gasteiger partial charge >= 0.3 is 0 Å². The molecular weight excluding hydrogens is 164 g/mol. The molecule has 68 valence electrons. The van der Waals surface area contributed by atoms with Crippen molar-refractivity contribution >= 4 is 11.4 Å². The molecule has 0 aliphatic carbocycles. The van der Waals surface area contributed by atoms with Gasteiger partial charge in [0.2, 0.25) is 0 Å².